The van der Waals surface area contributed by atoms with Gasteiger partial charge in [-0.05, 0) is 78.9 Å². The molecular weight excluding hydrogens is 488 g/mol. The van der Waals surface area contributed by atoms with Crippen molar-refractivity contribution < 1.29 is 26.9 Å². The number of carbonyl (C=O) groups is 1. The van der Waals surface area contributed by atoms with Crippen LogP contribution in [0.4, 0.5) is 5.69 Å². The largest absolute Gasteiger partial charge is 0.497 e. The van der Waals surface area contributed by atoms with Crippen LogP contribution in [0.25, 0.3) is 6.08 Å². The summed E-state index contributed by atoms with van der Waals surface area (Å²) in [7, 11) is -2.44. The molecule has 1 amide bonds. The Bertz CT molecular complexity index is 1390. The van der Waals surface area contributed by atoms with Crippen LogP contribution in [0.2, 0.25) is 0 Å². The van der Waals surface area contributed by atoms with Crippen LogP contribution in [-0.2, 0) is 14.9 Å². The highest BCUT2D eigenvalue weighted by Gasteiger charge is 2.24. The lowest BCUT2D eigenvalue weighted by Gasteiger charge is -2.12. The van der Waals surface area contributed by atoms with Crippen LogP contribution in [-0.4, -0.2) is 33.2 Å². The van der Waals surface area contributed by atoms with Gasteiger partial charge >= 0.3 is 10.1 Å². The number of nitrogens with one attached hydrogen (secondary N) is 1. The van der Waals surface area contributed by atoms with E-state index >= 15 is 0 Å². The Kier molecular flexibility index (Phi) is 7.42. The first-order chi connectivity index (χ1) is 16.9. The summed E-state index contributed by atoms with van der Waals surface area (Å²) in [4.78, 5) is 17.4. The van der Waals surface area contributed by atoms with E-state index in [9.17, 15) is 13.2 Å². The van der Waals surface area contributed by atoms with E-state index < -0.39 is 10.1 Å². The standard InChI is InChI=1S/C25H22N2O6S2/c1-3-32-22-15-17(9-14-21(22)33-35(29,30)20-7-5-4-6-8-20)16-23-24(28)27-25(34-23)26-18-10-12-19(31-2)13-11-18/h4-16H,3H2,1-2H3,(H,26,27,28)/b23-16-. The monoisotopic (exact) mass is 510 g/mol. The second kappa shape index (κ2) is 10.7. The maximum absolute atomic E-state index is 12.6. The predicted octanol–water partition coefficient (Wildman–Crippen LogP) is 4.75. The zero-order chi connectivity index (χ0) is 24.8. The highest BCUT2D eigenvalue weighted by molar-refractivity contribution is 8.18. The smallest absolute Gasteiger partial charge is 0.339 e. The maximum atomic E-state index is 12.6. The zero-order valence-corrected chi connectivity index (χ0v) is 20.6. The van der Waals surface area contributed by atoms with Crippen molar-refractivity contribution in [3.8, 4) is 17.2 Å². The van der Waals surface area contributed by atoms with Crippen molar-refractivity contribution in [3.05, 3.63) is 83.3 Å². The summed E-state index contributed by atoms with van der Waals surface area (Å²) in [5, 5.41) is 3.19. The second-order valence-electron chi connectivity index (χ2n) is 7.17. The number of hydrogen-bond acceptors (Lipinski definition) is 8. The van der Waals surface area contributed by atoms with Gasteiger partial charge in [0.1, 0.15) is 10.6 Å². The third-order valence-electron chi connectivity index (χ3n) is 4.75. The Labute approximate surface area is 207 Å². The molecule has 0 unspecified atom stereocenters. The third kappa shape index (κ3) is 6.03. The summed E-state index contributed by atoms with van der Waals surface area (Å²) in [5.74, 6) is 0.735. The van der Waals surface area contributed by atoms with Gasteiger partial charge in [-0.3, -0.25) is 4.79 Å². The van der Waals surface area contributed by atoms with Crippen molar-refractivity contribution in [1.29, 1.82) is 0 Å². The van der Waals surface area contributed by atoms with Crippen LogP contribution in [0.5, 0.6) is 17.2 Å². The van der Waals surface area contributed by atoms with Crippen LogP contribution in [0.1, 0.15) is 12.5 Å². The average molecular weight is 511 g/mol. The minimum Gasteiger partial charge on any atom is -0.497 e. The summed E-state index contributed by atoms with van der Waals surface area (Å²) >= 11 is 1.20. The number of thioether (sulfide) groups is 1. The maximum Gasteiger partial charge on any atom is 0.339 e. The molecule has 3 aromatic carbocycles. The van der Waals surface area contributed by atoms with Crippen LogP contribution >= 0.6 is 11.8 Å². The number of hydrogen-bond donors (Lipinski definition) is 1. The molecule has 0 bridgehead atoms. The van der Waals surface area contributed by atoms with E-state index in [1.165, 1.54) is 30.0 Å². The highest BCUT2D eigenvalue weighted by atomic mass is 32.2. The Morgan fingerprint density at radius 1 is 1.00 bits per heavy atom. The number of methoxy groups -OCH3 is 1. The molecule has 1 N–H and O–H groups in total. The summed E-state index contributed by atoms with van der Waals surface area (Å²) in [6.07, 6.45) is 1.68. The van der Waals surface area contributed by atoms with E-state index in [0.29, 0.717) is 33.7 Å². The van der Waals surface area contributed by atoms with Gasteiger partial charge in [-0.25, -0.2) is 4.99 Å². The Balaban J connectivity index is 1.56. The van der Waals surface area contributed by atoms with Gasteiger partial charge in [0, 0.05) is 0 Å². The lowest BCUT2D eigenvalue weighted by atomic mass is 10.2. The highest BCUT2D eigenvalue weighted by Crippen LogP contribution is 2.34. The van der Waals surface area contributed by atoms with Crippen molar-refractivity contribution in [2.75, 3.05) is 13.7 Å². The van der Waals surface area contributed by atoms with E-state index in [2.05, 4.69) is 10.3 Å². The minimum atomic E-state index is -4.03. The van der Waals surface area contributed by atoms with E-state index in [4.69, 9.17) is 13.7 Å². The molecular formula is C25H22N2O6S2. The van der Waals surface area contributed by atoms with Gasteiger partial charge in [0.2, 0.25) is 0 Å². The number of benzene rings is 3. The van der Waals surface area contributed by atoms with Crippen molar-refractivity contribution in [2.45, 2.75) is 11.8 Å². The van der Waals surface area contributed by atoms with Crippen LogP contribution in [0.15, 0.2) is 87.6 Å². The molecule has 10 heteroatoms. The summed E-state index contributed by atoms with van der Waals surface area (Å²) < 4.78 is 41.3. The molecule has 0 saturated carbocycles. The molecule has 0 aliphatic carbocycles. The van der Waals surface area contributed by atoms with Gasteiger partial charge in [0.25, 0.3) is 5.91 Å². The van der Waals surface area contributed by atoms with Gasteiger partial charge in [0.15, 0.2) is 16.7 Å². The topological polar surface area (TPSA) is 103 Å². The molecule has 8 nitrogen and oxygen atoms in total. The van der Waals surface area contributed by atoms with E-state index in [1.807, 2.05) is 0 Å². The van der Waals surface area contributed by atoms with Gasteiger partial charge in [-0.2, -0.15) is 8.42 Å². The molecule has 35 heavy (non-hydrogen) atoms. The summed E-state index contributed by atoms with van der Waals surface area (Å²) in [6.45, 7) is 2.08. The van der Waals surface area contributed by atoms with Crippen LogP contribution in [0.3, 0.4) is 0 Å². The number of ether oxygens (including phenoxy) is 2. The first-order valence-electron chi connectivity index (χ1n) is 10.6. The lowest BCUT2D eigenvalue weighted by Crippen LogP contribution is -2.19. The number of amides is 1. The van der Waals surface area contributed by atoms with E-state index in [1.54, 1.807) is 74.7 Å². The molecule has 180 valence electrons. The van der Waals surface area contributed by atoms with Crippen molar-refractivity contribution in [3.63, 3.8) is 0 Å². The van der Waals surface area contributed by atoms with Gasteiger partial charge in [-0.1, -0.05) is 24.3 Å². The molecule has 3 aromatic rings. The predicted molar refractivity (Wildman–Crippen MR) is 136 cm³/mol. The summed E-state index contributed by atoms with van der Waals surface area (Å²) in [6, 6.07) is 19.8. The number of rotatable bonds is 8. The van der Waals surface area contributed by atoms with E-state index in [0.717, 1.165) is 0 Å². The third-order valence-corrected chi connectivity index (χ3v) is 6.91. The summed E-state index contributed by atoms with van der Waals surface area (Å²) in [5.41, 5.74) is 1.32. The van der Waals surface area contributed by atoms with Crippen molar-refractivity contribution in [2.24, 2.45) is 4.99 Å². The fourth-order valence-electron chi connectivity index (χ4n) is 3.11. The van der Waals surface area contributed by atoms with Crippen molar-refractivity contribution >= 4 is 44.7 Å². The van der Waals surface area contributed by atoms with Gasteiger partial charge < -0.3 is 19.0 Å². The molecule has 0 atom stereocenters. The Hall–Kier alpha value is -3.76. The lowest BCUT2D eigenvalue weighted by molar-refractivity contribution is -0.115. The molecule has 4 rings (SSSR count). The SMILES string of the molecule is CCOc1cc(/C=C2\SC(=Nc3ccc(OC)cc3)NC2=O)ccc1OS(=O)(=O)c1ccccc1. The second-order valence-corrected chi connectivity index (χ2v) is 9.75. The zero-order valence-electron chi connectivity index (χ0n) is 18.9. The van der Waals surface area contributed by atoms with Crippen molar-refractivity contribution in [1.82, 2.24) is 5.32 Å². The van der Waals surface area contributed by atoms with Gasteiger partial charge in [0.05, 0.1) is 24.3 Å². The number of amidine groups is 1. The Morgan fingerprint density at radius 2 is 1.74 bits per heavy atom. The molecule has 1 saturated heterocycles. The average Bonchev–Trinajstić information content (AvgIpc) is 3.20. The number of aliphatic imine (C=N–C) groups is 1. The first kappa shape index (κ1) is 24.4. The normalized spacial score (nSPS) is 15.8. The fourth-order valence-corrected chi connectivity index (χ4v) is 4.91. The molecule has 1 fully saturated rings. The number of carbonyl (C=O) groups excluding carboxylic acids is 1. The first-order valence-corrected chi connectivity index (χ1v) is 12.8. The molecule has 0 spiro atoms. The van der Waals surface area contributed by atoms with Crippen LogP contribution < -0.4 is 19.0 Å². The molecule has 0 radical (unpaired) electrons. The van der Waals surface area contributed by atoms with Gasteiger partial charge in [-0.15, -0.1) is 0 Å². The van der Waals surface area contributed by atoms with Crippen LogP contribution in [0, 0.1) is 0 Å². The fraction of sp³-hybridized carbons (Fsp3) is 0.120. The molecule has 1 aliphatic rings. The molecule has 1 aliphatic heterocycles. The minimum absolute atomic E-state index is 0.0383. The molecule has 1 heterocycles. The Morgan fingerprint density at radius 3 is 2.43 bits per heavy atom. The molecule has 0 aromatic heterocycles. The van der Waals surface area contributed by atoms with E-state index in [-0.39, 0.29) is 22.3 Å². The number of nitrogens with zero attached hydrogens (tertiary/aromatic N) is 1. The quantitative estimate of drug-likeness (QED) is 0.344.